The Morgan fingerprint density at radius 1 is 1.09 bits per heavy atom. The van der Waals surface area contributed by atoms with Crippen molar-refractivity contribution in [2.24, 2.45) is 0 Å². The van der Waals surface area contributed by atoms with Crippen LogP contribution in [0.2, 0.25) is 0 Å². The second-order valence-corrected chi connectivity index (χ2v) is 8.90. The van der Waals surface area contributed by atoms with Gasteiger partial charge in [0.05, 0.1) is 23.2 Å². The van der Waals surface area contributed by atoms with Crippen molar-refractivity contribution >= 4 is 11.0 Å². The van der Waals surface area contributed by atoms with Gasteiger partial charge in [0.2, 0.25) is 11.2 Å². The molecule has 0 spiro atoms. The monoisotopic (exact) mass is 477 g/mol. The summed E-state index contributed by atoms with van der Waals surface area (Å²) in [6.07, 6.45) is -5.17. The molecule has 1 aliphatic rings. The minimum atomic E-state index is -4.99. The van der Waals surface area contributed by atoms with E-state index in [0.717, 1.165) is 11.1 Å². The maximum absolute atomic E-state index is 14.0. The van der Waals surface area contributed by atoms with E-state index in [-0.39, 0.29) is 46.8 Å². The lowest BCUT2D eigenvalue weighted by atomic mass is 10.1. The molecule has 1 aromatic heterocycles. The van der Waals surface area contributed by atoms with E-state index in [4.69, 9.17) is 13.9 Å². The Bertz CT molecular complexity index is 1250. The number of aromatic hydroxyl groups is 1. The molecule has 34 heavy (non-hydrogen) atoms. The van der Waals surface area contributed by atoms with Crippen LogP contribution >= 0.6 is 0 Å². The number of hydrogen-bond acceptors (Lipinski definition) is 6. The SMILES string of the molecule is Cc1cc(C)cc(Oc2c(C(F)(F)F)oc3c(CN4C[C@@H](C)O[C@H](C)C4)c(O)ccc3c2=O)c1. The summed E-state index contributed by atoms with van der Waals surface area (Å²) >= 11 is 0. The Balaban J connectivity index is 1.86. The molecular formula is C25H26F3NO5. The largest absolute Gasteiger partial charge is 0.507 e. The predicted molar refractivity (Wildman–Crippen MR) is 120 cm³/mol. The number of alkyl halides is 3. The van der Waals surface area contributed by atoms with E-state index in [1.807, 2.05) is 24.8 Å². The molecular weight excluding hydrogens is 451 g/mol. The first-order valence-corrected chi connectivity index (χ1v) is 10.9. The minimum Gasteiger partial charge on any atom is -0.507 e. The van der Waals surface area contributed by atoms with E-state index in [9.17, 15) is 23.1 Å². The van der Waals surface area contributed by atoms with Crippen LogP contribution in [-0.2, 0) is 17.5 Å². The molecule has 0 saturated carbocycles. The lowest BCUT2D eigenvalue weighted by molar-refractivity contribution is -0.154. The van der Waals surface area contributed by atoms with E-state index in [1.165, 1.54) is 12.1 Å². The number of hydrogen-bond donors (Lipinski definition) is 1. The van der Waals surface area contributed by atoms with Gasteiger partial charge in [-0.2, -0.15) is 13.2 Å². The topological polar surface area (TPSA) is 72.1 Å². The number of morpholine rings is 1. The quantitative estimate of drug-likeness (QED) is 0.532. The summed E-state index contributed by atoms with van der Waals surface area (Å²) in [4.78, 5) is 15.2. The van der Waals surface area contributed by atoms with E-state index in [0.29, 0.717) is 13.1 Å². The average Bonchev–Trinajstić information content (AvgIpc) is 2.69. The third kappa shape index (κ3) is 4.90. The second kappa shape index (κ2) is 8.96. The van der Waals surface area contributed by atoms with Crippen LogP contribution in [-0.4, -0.2) is 35.3 Å². The van der Waals surface area contributed by atoms with Crippen molar-refractivity contribution in [3.63, 3.8) is 0 Å². The lowest BCUT2D eigenvalue weighted by Crippen LogP contribution is -2.44. The third-order valence-electron chi connectivity index (χ3n) is 5.65. The normalized spacial score (nSPS) is 19.5. The maximum Gasteiger partial charge on any atom is 0.453 e. The highest BCUT2D eigenvalue weighted by molar-refractivity contribution is 5.83. The van der Waals surface area contributed by atoms with Gasteiger partial charge >= 0.3 is 6.18 Å². The van der Waals surface area contributed by atoms with Gasteiger partial charge < -0.3 is 19.0 Å². The first-order valence-electron chi connectivity index (χ1n) is 10.9. The summed E-state index contributed by atoms with van der Waals surface area (Å²) in [6.45, 7) is 8.47. The summed E-state index contributed by atoms with van der Waals surface area (Å²) in [5.74, 6) is -2.63. The number of benzene rings is 2. The molecule has 1 N–H and O–H groups in total. The van der Waals surface area contributed by atoms with Gasteiger partial charge in [0, 0.05) is 19.6 Å². The number of halogens is 3. The molecule has 0 amide bonds. The fourth-order valence-electron chi connectivity index (χ4n) is 4.47. The van der Waals surface area contributed by atoms with Gasteiger partial charge in [0.1, 0.15) is 17.1 Å². The molecule has 182 valence electrons. The minimum absolute atomic E-state index is 0.0867. The smallest absolute Gasteiger partial charge is 0.453 e. The summed E-state index contributed by atoms with van der Waals surface area (Å²) in [5, 5.41) is 10.4. The van der Waals surface area contributed by atoms with Gasteiger partial charge in [-0.1, -0.05) is 6.07 Å². The fraction of sp³-hybridized carbons (Fsp3) is 0.400. The van der Waals surface area contributed by atoms with Crippen LogP contribution in [0, 0.1) is 13.8 Å². The predicted octanol–water partition coefficient (Wildman–Crippen LogP) is 5.54. The maximum atomic E-state index is 14.0. The number of phenolic OH excluding ortho intramolecular Hbond substituents is 1. The molecule has 2 atom stereocenters. The van der Waals surface area contributed by atoms with Crippen molar-refractivity contribution in [2.45, 2.75) is 52.6 Å². The van der Waals surface area contributed by atoms with E-state index in [1.54, 1.807) is 26.0 Å². The Hall–Kier alpha value is -3.04. The fourth-order valence-corrected chi connectivity index (χ4v) is 4.47. The van der Waals surface area contributed by atoms with Gasteiger partial charge in [-0.15, -0.1) is 0 Å². The number of rotatable bonds is 4. The molecule has 3 aromatic rings. The van der Waals surface area contributed by atoms with Crippen molar-refractivity contribution in [1.82, 2.24) is 4.90 Å². The average molecular weight is 477 g/mol. The summed E-state index contributed by atoms with van der Waals surface area (Å²) in [7, 11) is 0. The lowest BCUT2D eigenvalue weighted by Gasteiger charge is -2.35. The Morgan fingerprint density at radius 3 is 2.29 bits per heavy atom. The first-order chi connectivity index (χ1) is 15.9. The van der Waals surface area contributed by atoms with Crippen molar-refractivity contribution in [3.05, 3.63) is 63.0 Å². The molecule has 0 radical (unpaired) electrons. The molecule has 9 heteroatoms. The molecule has 6 nitrogen and oxygen atoms in total. The molecule has 0 bridgehead atoms. The molecule has 2 aromatic carbocycles. The standard InChI is InChI=1S/C25H26F3NO5/c1-13-7-14(2)9-17(8-13)33-23-21(31)18-5-6-20(30)19(22(18)34-24(23)25(26,27)28)12-29-10-15(3)32-16(4)11-29/h5-9,15-16,30H,10-12H2,1-4H3/t15-,16-/m1/s1. The van der Waals surface area contributed by atoms with Crippen LogP contribution in [0.25, 0.3) is 11.0 Å². The van der Waals surface area contributed by atoms with Crippen LogP contribution in [0.4, 0.5) is 13.2 Å². The Kier molecular flexibility index (Phi) is 6.35. The molecule has 1 saturated heterocycles. The summed E-state index contributed by atoms with van der Waals surface area (Å²) < 4.78 is 58.5. The highest BCUT2D eigenvalue weighted by Crippen LogP contribution is 2.40. The van der Waals surface area contributed by atoms with E-state index < -0.39 is 23.1 Å². The van der Waals surface area contributed by atoms with Gasteiger partial charge in [-0.05, 0) is 63.1 Å². The van der Waals surface area contributed by atoms with Gasteiger partial charge in [0.25, 0.3) is 5.76 Å². The van der Waals surface area contributed by atoms with Crippen molar-refractivity contribution in [2.75, 3.05) is 13.1 Å². The zero-order valence-corrected chi connectivity index (χ0v) is 19.3. The Morgan fingerprint density at radius 2 is 1.71 bits per heavy atom. The van der Waals surface area contributed by atoms with E-state index >= 15 is 0 Å². The van der Waals surface area contributed by atoms with Gasteiger partial charge in [-0.3, -0.25) is 9.69 Å². The van der Waals surface area contributed by atoms with E-state index in [2.05, 4.69) is 0 Å². The summed E-state index contributed by atoms with van der Waals surface area (Å²) in [5.41, 5.74) is 0.388. The van der Waals surface area contributed by atoms with Crippen LogP contribution in [0.5, 0.6) is 17.2 Å². The number of ether oxygens (including phenoxy) is 2. The molecule has 4 rings (SSSR count). The van der Waals surface area contributed by atoms with Crippen LogP contribution in [0.3, 0.4) is 0 Å². The Labute approximate surface area is 194 Å². The van der Waals surface area contributed by atoms with Crippen molar-refractivity contribution in [1.29, 1.82) is 0 Å². The van der Waals surface area contributed by atoms with Crippen molar-refractivity contribution < 1.29 is 32.2 Å². The highest BCUT2D eigenvalue weighted by atomic mass is 19.4. The first kappa shape index (κ1) is 24.1. The highest BCUT2D eigenvalue weighted by Gasteiger charge is 2.41. The molecule has 2 heterocycles. The summed E-state index contributed by atoms with van der Waals surface area (Å²) in [6, 6.07) is 7.46. The van der Waals surface area contributed by atoms with Crippen LogP contribution < -0.4 is 10.2 Å². The third-order valence-corrected chi connectivity index (χ3v) is 5.65. The number of nitrogens with zero attached hydrogens (tertiary/aromatic N) is 1. The molecule has 1 aliphatic heterocycles. The number of aryl methyl sites for hydroxylation is 2. The molecule has 0 unspecified atom stereocenters. The zero-order chi connectivity index (χ0) is 24.8. The van der Waals surface area contributed by atoms with Gasteiger partial charge in [-0.25, -0.2) is 0 Å². The zero-order valence-electron chi connectivity index (χ0n) is 19.3. The molecule has 1 fully saturated rings. The molecule has 0 aliphatic carbocycles. The van der Waals surface area contributed by atoms with Crippen LogP contribution in [0.15, 0.2) is 39.5 Å². The second-order valence-electron chi connectivity index (χ2n) is 8.90. The van der Waals surface area contributed by atoms with Crippen LogP contribution in [0.1, 0.15) is 36.3 Å². The van der Waals surface area contributed by atoms with Crippen molar-refractivity contribution in [3.8, 4) is 17.2 Å². The number of fused-ring (bicyclic) bond motifs is 1. The van der Waals surface area contributed by atoms with Gasteiger partial charge in [0.15, 0.2) is 0 Å². The number of phenols is 1.